The molecule has 0 aromatic heterocycles. The van der Waals surface area contributed by atoms with Gasteiger partial charge < -0.3 is 0 Å². The highest BCUT2D eigenvalue weighted by atomic mass is 19.2. The van der Waals surface area contributed by atoms with Crippen LogP contribution in [-0.4, -0.2) is 0 Å². The molecule has 2 aromatic rings. The Hall–Kier alpha value is -2.22. The van der Waals surface area contributed by atoms with E-state index in [0.29, 0.717) is 23.5 Å². The van der Waals surface area contributed by atoms with E-state index < -0.39 is 11.6 Å². The fourth-order valence-corrected chi connectivity index (χ4v) is 3.96. The van der Waals surface area contributed by atoms with E-state index in [9.17, 15) is 8.78 Å². The largest absolute Gasteiger partial charge is 0.203 e. The predicted octanol–water partition coefficient (Wildman–Crippen LogP) is 7.78. The lowest BCUT2D eigenvalue weighted by Crippen LogP contribution is -2.06. The summed E-state index contributed by atoms with van der Waals surface area (Å²) in [6, 6.07) is 12.3. The molecule has 3 rings (SSSR count). The standard InChI is InChI=1S/C26H30F2/c1-3-5-7-19-9-11-20(12-10-19)21-13-15-22(16-14-21)24-18-17-23(8-6-4-2)25(27)26(24)28/h3,5,9-12,15,17-18,21H,4,6-8,13-14,16H2,1-2H3/b5-3-. The van der Waals surface area contributed by atoms with Gasteiger partial charge in [-0.15, -0.1) is 0 Å². The minimum Gasteiger partial charge on any atom is -0.203 e. The summed E-state index contributed by atoms with van der Waals surface area (Å²) < 4.78 is 29.0. The second kappa shape index (κ2) is 9.82. The molecule has 0 aliphatic heterocycles. The van der Waals surface area contributed by atoms with Crippen molar-refractivity contribution in [3.63, 3.8) is 0 Å². The maximum absolute atomic E-state index is 14.6. The van der Waals surface area contributed by atoms with E-state index >= 15 is 0 Å². The highest BCUT2D eigenvalue weighted by Crippen LogP contribution is 2.37. The summed E-state index contributed by atoms with van der Waals surface area (Å²) in [5, 5.41) is 0. The van der Waals surface area contributed by atoms with Gasteiger partial charge in [0.1, 0.15) is 0 Å². The number of halogens is 2. The smallest absolute Gasteiger partial charge is 0.166 e. The minimum atomic E-state index is -0.674. The van der Waals surface area contributed by atoms with Crippen molar-refractivity contribution in [2.24, 2.45) is 0 Å². The first kappa shape index (κ1) is 20.5. The van der Waals surface area contributed by atoms with Crippen molar-refractivity contribution in [1.29, 1.82) is 0 Å². The molecule has 0 spiro atoms. The van der Waals surface area contributed by atoms with Crippen molar-refractivity contribution in [2.75, 3.05) is 0 Å². The molecule has 1 atom stereocenters. The first-order chi connectivity index (χ1) is 13.6. The third-order valence-corrected chi connectivity index (χ3v) is 5.76. The number of rotatable bonds is 7. The van der Waals surface area contributed by atoms with Gasteiger partial charge in [-0.2, -0.15) is 0 Å². The van der Waals surface area contributed by atoms with Gasteiger partial charge in [0.15, 0.2) is 11.6 Å². The fraction of sp³-hybridized carbons (Fsp3) is 0.385. The molecular formula is C26H30F2. The average Bonchev–Trinajstić information content (AvgIpc) is 2.74. The van der Waals surface area contributed by atoms with Gasteiger partial charge in [0.05, 0.1) is 0 Å². The van der Waals surface area contributed by atoms with Crippen LogP contribution in [0.25, 0.3) is 5.57 Å². The molecule has 148 valence electrons. The van der Waals surface area contributed by atoms with Gasteiger partial charge in [0.2, 0.25) is 0 Å². The maximum atomic E-state index is 14.6. The van der Waals surface area contributed by atoms with E-state index in [1.165, 1.54) is 11.1 Å². The van der Waals surface area contributed by atoms with Gasteiger partial charge in [0, 0.05) is 5.56 Å². The third-order valence-electron chi connectivity index (χ3n) is 5.76. The zero-order chi connectivity index (χ0) is 19.9. The van der Waals surface area contributed by atoms with Crippen LogP contribution < -0.4 is 0 Å². The summed E-state index contributed by atoms with van der Waals surface area (Å²) in [6.45, 7) is 4.09. The molecule has 1 aliphatic carbocycles. The molecular weight excluding hydrogens is 350 g/mol. The summed E-state index contributed by atoms with van der Waals surface area (Å²) in [5.74, 6) is -0.881. The zero-order valence-corrected chi connectivity index (χ0v) is 17.0. The van der Waals surface area contributed by atoms with Crippen molar-refractivity contribution < 1.29 is 8.78 Å². The highest BCUT2D eigenvalue weighted by Gasteiger charge is 2.21. The number of aryl methyl sites for hydroxylation is 1. The van der Waals surface area contributed by atoms with Gasteiger partial charge in [-0.1, -0.05) is 68.0 Å². The number of unbranched alkanes of at least 4 members (excludes halogenated alkanes) is 1. The van der Waals surface area contributed by atoms with Gasteiger partial charge in [0.25, 0.3) is 0 Å². The van der Waals surface area contributed by atoms with Crippen molar-refractivity contribution in [3.8, 4) is 0 Å². The summed E-state index contributed by atoms with van der Waals surface area (Å²) >= 11 is 0. The lowest BCUT2D eigenvalue weighted by Gasteiger charge is -2.23. The van der Waals surface area contributed by atoms with Crippen molar-refractivity contribution in [1.82, 2.24) is 0 Å². The SMILES string of the molecule is C/C=C\Cc1ccc(C2CC=C(c3ccc(CCCC)c(F)c3F)CC2)cc1. The molecule has 0 bridgehead atoms. The van der Waals surface area contributed by atoms with Crippen LogP contribution in [0.4, 0.5) is 8.78 Å². The summed E-state index contributed by atoms with van der Waals surface area (Å²) in [6.07, 6.45) is 12.4. The van der Waals surface area contributed by atoms with E-state index in [1.54, 1.807) is 12.1 Å². The molecule has 0 heterocycles. The van der Waals surface area contributed by atoms with Gasteiger partial charge in [-0.3, -0.25) is 0 Å². The molecule has 1 aliphatic rings. The zero-order valence-electron chi connectivity index (χ0n) is 17.0. The fourth-order valence-electron chi connectivity index (χ4n) is 3.96. The molecule has 0 fully saturated rings. The Balaban J connectivity index is 1.70. The number of hydrogen-bond acceptors (Lipinski definition) is 0. The monoisotopic (exact) mass is 380 g/mol. The first-order valence-electron chi connectivity index (χ1n) is 10.5. The molecule has 2 aromatic carbocycles. The van der Waals surface area contributed by atoms with Crippen LogP contribution in [0.15, 0.2) is 54.6 Å². The van der Waals surface area contributed by atoms with Gasteiger partial charge in [-0.25, -0.2) is 8.78 Å². The molecule has 0 radical (unpaired) electrons. The summed E-state index contributed by atoms with van der Waals surface area (Å²) in [5.41, 5.74) is 4.53. The quantitative estimate of drug-likeness (QED) is 0.430. The third kappa shape index (κ3) is 4.79. The van der Waals surface area contributed by atoms with E-state index in [2.05, 4.69) is 49.4 Å². The molecule has 28 heavy (non-hydrogen) atoms. The van der Waals surface area contributed by atoms with Crippen molar-refractivity contribution in [2.45, 2.75) is 64.7 Å². The van der Waals surface area contributed by atoms with Gasteiger partial charge >= 0.3 is 0 Å². The van der Waals surface area contributed by atoms with Crippen LogP contribution in [0, 0.1) is 11.6 Å². The van der Waals surface area contributed by atoms with Gasteiger partial charge in [-0.05, 0) is 73.6 Å². The Bertz CT molecular complexity index is 843. The Morgan fingerprint density at radius 1 is 1.04 bits per heavy atom. The van der Waals surface area contributed by atoms with Crippen LogP contribution in [0.3, 0.4) is 0 Å². The van der Waals surface area contributed by atoms with Crippen LogP contribution in [-0.2, 0) is 12.8 Å². The maximum Gasteiger partial charge on any atom is 0.166 e. The predicted molar refractivity (Wildman–Crippen MR) is 114 cm³/mol. The number of hydrogen-bond donors (Lipinski definition) is 0. The average molecular weight is 381 g/mol. The molecule has 1 unspecified atom stereocenters. The second-order valence-electron chi connectivity index (χ2n) is 7.72. The van der Waals surface area contributed by atoms with Crippen LogP contribution in [0.2, 0.25) is 0 Å². The van der Waals surface area contributed by atoms with Crippen LogP contribution in [0.1, 0.15) is 74.1 Å². The minimum absolute atomic E-state index is 0.442. The van der Waals surface area contributed by atoms with Crippen molar-refractivity contribution >= 4 is 5.57 Å². The Labute approximate surface area is 168 Å². The van der Waals surface area contributed by atoms with E-state index in [4.69, 9.17) is 0 Å². The van der Waals surface area contributed by atoms with E-state index in [1.807, 2.05) is 6.92 Å². The topological polar surface area (TPSA) is 0 Å². The molecule has 2 heteroatoms. The lowest BCUT2D eigenvalue weighted by atomic mass is 9.82. The number of benzene rings is 2. The molecule has 0 nitrogen and oxygen atoms in total. The Kier molecular flexibility index (Phi) is 7.19. The number of allylic oxidation sites excluding steroid dienone is 4. The molecule has 0 amide bonds. The molecule has 0 saturated heterocycles. The normalized spacial score (nSPS) is 17.1. The first-order valence-corrected chi connectivity index (χ1v) is 10.5. The van der Waals surface area contributed by atoms with Crippen LogP contribution >= 0.6 is 0 Å². The summed E-state index contributed by atoms with van der Waals surface area (Å²) in [4.78, 5) is 0. The van der Waals surface area contributed by atoms with Crippen LogP contribution in [0.5, 0.6) is 0 Å². The highest BCUT2D eigenvalue weighted by molar-refractivity contribution is 5.67. The molecule has 0 N–H and O–H groups in total. The Morgan fingerprint density at radius 3 is 2.46 bits per heavy atom. The molecule has 0 saturated carbocycles. The second-order valence-corrected chi connectivity index (χ2v) is 7.72. The van der Waals surface area contributed by atoms with E-state index in [0.717, 1.165) is 44.1 Å². The summed E-state index contributed by atoms with van der Waals surface area (Å²) in [7, 11) is 0. The van der Waals surface area contributed by atoms with Crippen molar-refractivity contribution in [3.05, 3.63) is 88.5 Å². The Morgan fingerprint density at radius 2 is 1.82 bits per heavy atom. The lowest BCUT2D eigenvalue weighted by molar-refractivity contribution is 0.493. The van der Waals surface area contributed by atoms with E-state index in [-0.39, 0.29) is 0 Å².